The lowest BCUT2D eigenvalue weighted by Crippen LogP contribution is -1.93. The first kappa shape index (κ1) is 12.4. The fourth-order valence-electron chi connectivity index (χ4n) is 2.04. The highest BCUT2D eigenvalue weighted by atomic mass is 16.5. The van der Waals surface area contributed by atoms with Gasteiger partial charge in [0.05, 0.1) is 0 Å². The number of pyridine rings is 2. The molecule has 0 bridgehead atoms. The van der Waals surface area contributed by atoms with E-state index in [2.05, 4.69) is 21.4 Å². The lowest BCUT2D eigenvalue weighted by molar-refractivity contribution is 0.486. The molecule has 4 nitrogen and oxygen atoms in total. The third-order valence-corrected chi connectivity index (χ3v) is 3.04. The van der Waals surface area contributed by atoms with Gasteiger partial charge in [0.2, 0.25) is 0 Å². The second-order valence-corrected chi connectivity index (χ2v) is 4.51. The molecule has 0 spiro atoms. The van der Waals surface area contributed by atoms with Crippen LogP contribution in [0.3, 0.4) is 0 Å². The molecule has 2 heterocycles. The molecule has 0 fully saturated rings. The summed E-state index contributed by atoms with van der Waals surface area (Å²) < 4.78 is 5.95. The van der Waals surface area contributed by atoms with Gasteiger partial charge in [-0.2, -0.15) is 0 Å². The Kier molecular flexibility index (Phi) is 3.21. The molecular weight excluding hydrogens is 250 g/mol. The molecule has 0 aliphatic heterocycles. The molecule has 0 saturated carbocycles. The largest absolute Gasteiger partial charge is 0.455 e. The molecule has 4 heteroatoms. The molecule has 1 N–H and O–H groups in total. The standard InChI is InChI=1S/C16H15N3O/c1-11-6-7-12-4-3-5-14(16(12)19-11)20-13-8-9-18-15(10-13)17-2/h3-10H,1-2H3,(H,17,18). The summed E-state index contributed by atoms with van der Waals surface area (Å²) in [5, 5.41) is 4.06. The molecule has 2 aromatic heterocycles. The summed E-state index contributed by atoms with van der Waals surface area (Å²) in [6.45, 7) is 1.97. The van der Waals surface area contributed by atoms with Gasteiger partial charge in [0, 0.05) is 30.4 Å². The Morgan fingerprint density at radius 1 is 1.10 bits per heavy atom. The number of nitrogens with one attached hydrogen (secondary N) is 1. The lowest BCUT2D eigenvalue weighted by Gasteiger charge is -2.09. The van der Waals surface area contributed by atoms with Gasteiger partial charge >= 0.3 is 0 Å². The van der Waals surface area contributed by atoms with Gasteiger partial charge in [-0.05, 0) is 25.1 Å². The van der Waals surface area contributed by atoms with Gasteiger partial charge in [-0.3, -0.25) is 0 Å². The van der Waals surface area contributed by atoms with Gasteiger partial charge in [-0.25, -0.2) is 9.97 Å². The average molecular weight is 265 g/mol. The van der Waals surface area contributed by atoms with Crippen LogP contribution in [-0.4, -0.2) is 17.0 Å². The summed E-state index contributed by atoms with van der Waals surface area (Å²) in [4.78, 5) is 8.73. The van der Waals surface area contributed by atoms with Crippen molar-refractivity contribution >= 4 is 16.7 Å². The number of hydrogen-bond donors (Lipinski definition) is 1. The summed E-state index contributed by atoms with van der Waals surface area (Å²) in [6, 6.07) is 13.7. The van der Waals surface area contributed by atoms with Gasteiger partial charge in [0.15, 0.2) is 5.75 Å². The summed E-state index contributed by atoms with van der Waals surface area (Å²) in [5.74, 6) is 2.26. The number of aryl methyl sites for hydroxylation is 1. The first-order valence-corrected chi connectivity index (χ1v) is 6.44. The van der Waals surface area contributed by atoms with Crippen molar-refractivity contribution < 1.29 is 4.74 Å². The maximum atomic E-state index is 5.95. The van der Waals surface area contributed by atoms with Crippen LogP contribution in [0.5, 0.6) is 11.5 Å². The van der Waals surface area contributed by atoms with Crippen molar-refractivity contribution in [2.75, 3.05) is 12.4 Å². The first-order valence-electron chi connectivity index (χ1n) is 6.44. The summed E-state index contributed by atoms with van der Waals surface area (Å²) in [5.41, 5.74) is 1.84. The Balaban J connectivity index is 2.03. The molecule has 0 radical (unpaired) electrons. The third-order valence-electron chi connectivity index (χ3n) is 3.04. The van der Waals surface area contributed by atoms with E-state index < -0.39 is 0 Å². The van der Waals surface area contributed by atoms with Crippen LogP contribution in [0.25, 0.3) is 10.9 Å². The van der Waals surface area contributed by atoms with Crippen molar-refractivity contribution in [2.24, 2.45) is 0 Å². The van der Waals surface area contributed by atoms with Crippen molar-refractivity contribution in [3.63, 3.8) is 0 Å². The van der Waals surface area contributed by atoms with E-state index in [1.807, 2.05) is 50.4 Å². The molecule has 0 aliphatic carbocycles. The van der Waals surface area contributed by atoms with Crippen molar-refractivity contribution in [2.45, 2.75) is 6.92 Å². The monoisotopic (exact) mass is 265 g/mol. The van der Waals surface area contributed by atoms with Gasteiger partial charge in [0.25, 0.3) is 0 Å². The molecule has 0 aliphatic rings. The molecule has 3 aromatic rings. The topological polar surface area (TPSA) is 47.0 Å². The summed E-state index contributed by atoms with van der Waals surface area (Å²) in [7, 11) is 1.83. The van der Waals surface area contributed by atoms with Crippen LogP contribution >= 0.6 is 0 Å². The van der Waals surface area contributed by atoms with Crippen LogP contribution in [0.15, 0.2) is 48.7 Å². The number of ether oxygens (including phenoxy) is 1. The Labute approximate surface area is 117 Å². The predicted octanol–water partition coefficient (Wildman–Crippen LogP) is 3.77. The normalized spacial score (nSPS) is 10.5. The van der Waals surface area contributed by atoms with Crippen LogP contribution in [0, 0.1) is 6.92 Å². The van der Waals surface area contributed by atoms with Crippen molar-refractivity contribution in [1.29, 1.82) is 0 Å². The minimum absolute atomic E-state index is 0.736. The van der Waals surface area contributed by atoms with Crippen molar-refractivity contribution in [1.82, 2.24) is 9.97 Å². The lowest BCUT2D eigenvalue weighted by atomic mass is 10.2. The smallest absolute Gasteiger partial charge is 0.153 e. The number of nitrogens with zero attached hydrogens (tertiary/aromatic N) is 2. The molecule has 0 unspecified atom stereocenters. The number of fused-ring (bicyclic) bond motifs is 1. The number of rotatable bonds is 3. The average Bonchev–Trinajstić information content (AvgIpc) is 2.48. The minimum atomic E-state index is 0.736. The van der Waals surface area contributed by atoms with E-state index in [1.54, 1.807) is 6.20 Å². The highest BCUT2D eigenvalue weighted by molar-refractivity contribution is 5.84. The Morgan fingerprint density at radius 3 is 2.85 bits per heavy atom. The quantitative estimate of drug-likeness (QED) is 0.783. The molecule has 1 aromatic carbocycles. The number of aromatic nitrogens is 2. The zero-order valence-corrected chi connectivity index (χ0v) is 11.4. The zero-order chi connectivity index (χ0) is 13.9. The van der Waals surface area contributed by atoms with Gasteiger partial charge in [0.1, 0.15) is 17.1 Å². The van der Waals surface area contributed by atoms with Gasteiger partial charge < -0.3 is 10.1 Å². The third kappa shape index (κ3) is 2.40. The SMILES string of the molecule is CNc1cc(Oc2cccc3ccc(C)nc23)ccn1. The highest BCUT2D eigenvalue weighted by Gasteiger charge is 2.06. The fourth-order valence-corrected chi connectivity index (χ4v) is 2.04. The molecule has 20 heavy (non-hydrogen) atoms. The molecule has 0 saturated heterocycles. The van der Waals surface area contributed by atoms with E-state index in [4.69, 9.17) is 4.74 Å². The van der Waals surface area contributed by atoms with Crippen molar-refractivity contribution in [3.8, 4) is 11.5 Å². The second kappa shape index (κ2) is 5.17. The fraction of sp³-hybridized carbons (Fsp3) is 0.125. The molecule has 3 rings (SSSR count). The Bertz CT molecular complexity index is 756. The second-order valence-electron chi connectivity index (χ2n) is 4.51. The van der Waals surface area contributed by atoms with Crippen LogP contribution in [0.1, 0.15) is 5.69 Å². The predicted molar refractivity (Wildman–Crippen MR) is 80.3 cm³/mol. The molecular formula is C16H15N3O. The summed E-state index contributed by atoms with van der Waals surface area (Å²) >= 11 is 0. The van der Waals surface area contributed by atoms with E-state index in [0.29, 0.717) is 0 Å². The van der Waals surface area contributed by atoms with Crippen LogP contribution < -0.4 is 10.1 Å². The van der Waals surface area contributed by atoms with E-state index in [9.17, 15) is 0 Å². The number of hydrogen-bond acceptors (Lipinski definition) is 4. The Hall–Kier alpha value is -2.62. The Morgan fingerprint density at radius 2 is 2.00 bits per heavy atom. The highest BCUT2D eigenvalue weighted by Crippen LogP contribution is 2.29. The minimum Gasteiger partial charge on any atom is -0.455 e. The first-order chi connectivity index (χ1) is 9.76. The maximum absolute atomic E-state index is 5.95. The number of anilines is 1. The van der Waals surface area contributed by atoms with E-state index in [1.165, 1.54) is 0 Å². The van der Waals surface area contributed by atoms with E-state index in [0.717, 1.165) is 33.9 Å². The number of para-hydroxylation sites is 1. The molecule has 0 amide bonds. The van der Waals surface area contributed by atoms with Crippen LogP contribution in [-0.2, 0) is 0 Å². The van der Waals surface area contributed by atoms with Gasteiger partial charge in [-0.1, -0.05) is 18.2 Å². The molecule has 0 atom stereocenters. The summed E-state index contributed by atoms with van der Waals surface area (Å²) in [6.07, 6.45) is 1.71. The van der Waals surface area contributed by atoms with Crippen LogP contribution in [0.4, 0.5) is 5.82 Å². The molecule has 100 valence electrons. The zero-order valence-electron chi connectivity index (χ0n) is 11.4. The van der Waals surface area contributed by atoms with E-state index in [-0.39, 0.29) is 0 Å². The van der Waals surface area contributed by atoms with Gasteiger partial charge in [-0.15, -0.1) is 0 Å². The van der Waals surface area contributed by atoms with Crippen molar-refractivity contribution in [3.05, 3.63) is 54.4 Å². The van der Waals surface area contributed by atoms with Crippen LogP contribution in [0.2, 0.25) is 0 Å². The number of benzene rings is 1. The maximum Gasteiger partial charge on any atom is 0.153 e. The van der Waals surface area contributed by atoms with E-state index >= 15 is 0 Å².